The highest BCUT2D eigenvalue weighted by Gasteiger charge is 2.06. The van der Waals surface area contributed by atoms with Gasteiger partial charge in [0.2, 0.25) is 0 Å². The lowest BCUT2D eigenvalue weighted by Crippen LogP contribution is -2.34. The van der Waals surface area contributed by atoms with Crippen LogP contribution < -0.4 is 15.8 Å². The van der Waals surface area contributed by atoms with Crippen LogP contribution in [0.2, 0.25) is 0 Å². The van der Waals surface area contributed by atoms with Crippen molar-refractivity contribution in [3.63, 3.8) is 0 Å². The Labute approximate surface area is 116 Å². The van der Waals surface area contributed by atoms with E-state index in [2.05, 4.69) is 37.1 Å². The van der Waals surface area contributed by atoms with Crippen LogP contribution in [0.1, 0.15) is 38.7 Å². The Morgan fingerprint density at radius 3 is 2.79 bits per heavy atom. The second kappa shape index (κ2) is 8.40. The van der Waals surface area contributed by atoms with E-state index in [9.17, 15) is 0 Å². The molecule has 4 nitrogen and oxygen atoms in total. The number of nitrogens with zero attached hydrogens (tertiary/aromatic N) is 1. The molecule has 0 bridgehead atoms. The molecule has 0 atom stereocenters. The third kappa shape index (κ3) is 5.64. The van der Waals surface area contributed by atoms with Gasteiger partial charge in [-0.15, -0.1) is 0 Å². The highest BCUT2D eigenvalue weighted by atomic mass is 16.5. The van der Waals surface area contributed by atoms with E-state index in [-0.39, 0.29) is 0 Å². The summed E-state index contributed by atoms with van der Waals surface area (Å²) in [4.78, 5) is 4.16. The first-order valence-corrected chi connectivity index (χ1v) is 6.90. The van der Waals surface area contributed by atoms with Gasteiger partial charge in [-0.2, -0.15) is 0 Å². The van der Waals surface area contributed by atoms with E-state index in [4.69, 9.17) is 10.5 Å². The molecule has 0 saturated carbocycles. The minimum absolute atomic E-state index is 0.459. The Kier molecular flexibility index (Phi) is 6.79. The van der Waals surface area contributed by atoms with E-state index in [0.717, 1.165) is 18.7 Å². The number of benzene rings is 1. The second-order valence-corrected chi connectivity index (χ2v) is 4.73. The first-order chi connectivity index (χ1) is 9.15. The van der Waals surface area contributed by atoms with Crippen LogP contribution in [0.15, 0.2) is 29.3 Å². The zero-order valence-electron chi connectivity index (χ0n) is 12.1. The molecule has 0 spiro atoms. The van der Waals surface area contributed by atoms with Crippen molar-refractivity contribution in [2.45, 2.75) is 33.1 Å². The molecule has 19 heavy (non-hydrogen) atoms. The summed E-state index contributed by atoms with van der Waals surface area (Å²) in [6, 6.07) is 8.13. The predicted octanol–water partition coefficient (Wildman–Crippen LogP) is 2.50. The molecule has 106 valence electrons. The second-order valence-electron chi connectivity index (χ2n) is 4.73. The van der Waals surface area contributed by atoms with Crippen molar-refractivity contribution in [1.29, 1.82) is 0 Å². The molecule has 0 aliphatic heterocycles. The van der Waals surface area contributed by atoms with Crippen LogP contribution in [0.3, 0.4) is 0 Å². The van der Waals surface area contributed by atoms with Gasteiger partial charge in [0.15, 0.2) is 5.96 Å². The first kappa shape index (κ1) is 15.3. The third-order valence-corrected chi connectivity index (χ3v) is 2.71. The lowest BCUT2D eigenvalue weighted by molar-refractivity contribution is 0.318. The highest BCUT2D eigenvalue weighted by Crippen LogP contribution is 2.25. The Morgan fingerprint density at radius 2 is 2.11 bits per heavy atom. The average Bonchev–Trinajstić information content (AvgIpc) is 2.41. The predicted molar refractivity (Wildman–Crippen MR) is 80.8 cm³/mol. The fourth-order valence-corrected chi connectivity index (χ4v) is 1.72. The average molecular weight is 263 g/mol. The number of guanidine groups is 1. The van der Waals surface area contributed by atoms with Crippen molar-refractivity contribution in [2.24, 2.45) is 10.7 Å². The molecular weight excluding hydrogens is 238 g/mol. The van der Waals surface area contributed by atoms with E-state index in [0.29, 0.717) is 25.0 Å². The topological polar surface area (TPSA) is 59.6 Å². The largest absolute Gasteiger partial charge is 0.491 e. The van der Waals surface area contributed by atoms with E-state index >= 15 is 0 Å². The molecule has 0 radical (unpaired) electrons. The number of para-hydroxylation sites is 1. The molecule has 1 rings (SSSR count). The van der Waals surface area contributed by atoms with Gasteiger partial charge in [0, 0.05) is 6.54 Å². The maximum atomic E-state index is 5.78. The van der Waals surface area contributed by atoms with Crippen molar-refractivity contribution in [3.8, 4) is 5.75 Å². The monoisotopic (exact) mass is 263 g/mol. The molecule has 0 aliphatic carbocycles. The van der Waals surface area contributed by atoms with Crippen molar-refractivity contribution in [1.82, 2.24) is 5.32 Å². The van der Waals surface area contributed by atoms with Crippen LogP contribution in [-0.2, 0) is 0 Å². The number of nitrogens with one attached hydrogen (secondary N) is 1. The summed E-state index contributed by atoms with van der Waals surface area (Å²) in [7, 11) is 0. The minimum Gasteiger partial charge on any atom is -0.491 e. The van der Waals surface area contributed by atoms with Crippen LogP contribution in [0, 0.1) is 0 Å². The molecule has 0 amide bonds. The molecule has 0 heterocycles. The Hall–Kier alpha value is -1.71. The number of aliphatic imine (C=N–C) groups is 1. The van der Waals surface area contributed by atoms with Gasteiger partial charge in [-0.05, 0) is 24.0 Å². The van der Waals surface area contributed by atoms with Crippen molar-refractivity contribution >= 4 is 5.96 Å². The SMILES string of the molecule is CCCN=C(N)NCCOc1ccccc1C(C)C. The van der Waals surface area contributed by atoms with Gasteiger partial charge < -0.3 is 15.8 Å². The van der Waals surface area contributed by atoms with E-state index in [1.165, 1.54) is 5.56 Å². The maximum absolute atomic E-state index is 5.78. The molecule has 1 aromatic rings. The van der Waals surface area contributed by atoms with Crippen LogP contribution in [0.5, 0.6) is 5.75 Å². The molecule has 0 unspecified atom stereocenters. The van der Waals surface area contributed by atoms with Crippen LogP contribution in [-0.4, -0.2) is 25.7 Å². The molecule has 0 fully saturated rings. The molecule has 0 aliphatic rings. The van der Waals surface area contributed by atoms with Crippen LogP contribution in [0.4, 0.5) is 0 Å². The van der Waals surface area contributed by atoms with Gasteiger partial charge in [0.05, 0.1) is 6.54 Å². The zero-order valence-corrected chi connectivity index (χ0v) is 12.1. The number of rotatable bonds is 7. The minimum atomic E-state index is 0.459. The Balaban J connectivity index is 2.37. The van der Waals surface area contributed by atoms with Crippen molar-refractivity contribution in [3.05, 3.63) is 29.8 Å². The number of ether oxygens (including phenoxy) is 1. The molecule has 4 heteroatoms. The third-order valence-electron chi connectivity index (χ3n) is 2.71. The van der Waals surface area contributed by atoms with Crippen molar-refractivity contribution < 1.29 is 4.74 Å². The summed E-state index contributed by atoms with van der Waals surface area (Å²) >= 11 is 0. The van der Waals surface area contributed by atoms with Gasteiger partial charge in [0.1, 0.15) is 12.4 Å². The molecule has 1 aromatic carbocycles. The molecule has 0 saturated heterocycles. The Morgan fingerprint density at radius 1 is 1.37 bits per heavy atom. The molecular formula is C15H25N3O. The van der Waals surface area contributed by atoms with E-state index in [1.807, 2.05) is 18.2 Å². The summed E-state index contributed by atoms with van der Waals surface area (Å²) in [6.07, 6.45) is 1.00. The maximum Gasteiger partial charge on any atom is 0.188 e. The van der Waals surface area contributed by atoms with Gasteiger partial charge in [-0.1, -0.05) is 39.0 Å². The smallest absolute Gasteiger partial charge is 0.188 e. The standard InChI is InChI=1S/C15H25N3O/c1-4-9-17-15(16)18-10-11-19-14-8-6-5-7-13(14)12(2)3/h5-8,12H,4,9-11H2,1-3H3,(H3,16,17,18). The van der Waals surface area contributed by atoms with Gasteiger partial charge in [0.25, 0.3) is 0 Å². The summed E-state index contributed by atoms with van der Waals surface area (Å²) in [5.74, 6) is 1.89. The lowest BCUT2D eigenvalue weighted by Gasteiger charge is -2.14. The first-order valence-electron chi connectivity index (χ1n) is 6.90. The normalized spacial score (nSPS) is 11.7. The Bertz CT molecular complexity index is 402. The van der Waals surface area contributed by atoms with E-state index in [1.54, 1.807) is 0 Å². The number of hydrogen-bond acceptors (Lipinski definition) is 2. The van der Waals surface area contributed by atoms with Gasteiger partial charge in [-0.3, -0.25) is 4.99 Å². The lowest BCUT2D eigenvalue weighted by atomic mass is 10.0. The number of hydrogen-bond donors (Lipinski definition) is 2. The van der Waals surface area contributed by atoms with Crippen LogP contribution in [0.25, 0.3) is 0 Å². The van der Waals surface area contributed by atoms with Gasteiger partial charge >= 0.3 is 0 Å². The summed E-state index contributed by atoms with van der Waals surface area (Å²) in [6.45, 7) is 8.39. The summed E-state index contributed by atoms with van der Waals surface area (Å²) in [5, 5.41) is 3.04. The zero-order chi connectivity index (χ0) is 14.1. The van der Waals surface area contributed by atoms with Crippen molar-refractivity contribution in [2.75, 3.05) is 19.7 Å². The fraction of sp³-hybridized carbons (Fsp3) is 0.533. The van der Waals surface area contributed by atoms with Gasteiger partial charge in [-0.25, -0.2) is 0 Å². The quantitative estimate of drug-likeness (QED) is 0.451. The summed E-state index contributed by atoms with van der Waals surface area (Å²) in [5.41, 5.74) is 6.93. The molecule has 3 N–H and O–H groups in total. The fourth-order valence-electron chi connectivity index (χ4n) is 1.72. The van der Waals surface area contributed by atoms with E-state index < -0.39 is 0 Å². The van der Waals surface area contributed by atoms with Crippen LogP contribution >= 0.6 is 0 Å². The summed E-state index contributed by atoms with van der Waals surface area (Å²) < 4.78 is 5.78. The molecule has 0 aromatic heterocycles. The highest BCUT2D eigenvalue weighted by molar-refractivity contribution is 5.77. The number of nitrogens with two attached hydrogens (primary N) is 1.